The van der Waals surface area contributed by atoms with E-state index in [-0.39, 0.29) is 0 Å². The van der Waals surface area contributed by atoms with Crippen LogP contribution in [0.4, 0.5) is 0 Å². The smallest absolute Gasteiger partial charge is 0.235 e. The fraction of sp³-hybridized carbons (Fsp3) is 0.571. The molecular formula is C7H13NO3S. The minimum absolute atomic E-state index is 0.440. The van der Waals surface area contributed by atoms with Crippen LogP contribution in [0.15, 0.2) is 12.7 Å². The number of nitrogens with one attached hydrogen (secondary N) is 1. The zero-order chi connectivity index (χ0) is 9.61. The summed E-state index contributed by atoms with van der Waals surface area (Å²) in [5, 5.41) is 2.45. The second-order valence-electron chi connectivity index (χ2n) is 2.50. The van der Waals surface area contributed by atoms with Gasteiger partial charge in [0, 0.05) is 12.8 Å². The Hall–Kier alpha value is -0.840. The van der Waals surface area contributed by atoms with Gasteiger partial charge in [-0.25, -0.2) is 8.42 Å². The average molecular weight is 191 g/mol. The van der Waals surface area contributed by atoms with E-state index in [1.807, 2.05) is 0 Å². The molecule has 0 aliphatic heterocycles. The molecule has 5 heteroatoms. The van der Waals surface area contributed by atoms with E-state index in [1.165, 1.54) is 0 Å². The SMILES string of the molecule is C=CCCNC(=O)CS(C)(=O)=O. The van der Waals surface area contributed by atoms with Gasteiger partial charge in [0.25, 0.3) is 0 Å². The van der Waals surface area contributed by atoms with Crippen molar-refractivity contribution in [1.29, 1.82) is 0 Å². The summed E-state index contributed by atoms with van der Waals surface area (Å²) in [6, 6.07) is 0. The van der Waals surface area contributed by atoms with Crippen LogP contribution in [-0.2, 0) is 14.6 Å². The van der Waals surface area contributed by atoms with Crippen LogP contribution in [0.1, 0.15) is 6.42 Å². The molecule has 0 saturated carbocycles. The van der Waals surface area contributed by atoms with Gasteiger partial charge in [-0.1, -0.05) is 6.08 Å². The Kier molecular flexibility index (Phi) is 4.58. The molecule has 0 aromatic heterocycles. The number of hydrogen-bond donors (Lipinski definition) is 1. The van der Waals surface area contributed by atoms with Gasteiger partial charge in [0.2, 0.25) is 5.91 Å². The fourth-order valence-electron chi connectivity index (χ4n) is 0.603. The first kappa shape index (κ1) is 11.2. The summed E-state index contributed by atoms with van der Waals surface area (Å²) in [6.45, 7) is 3.90. The number of hydrogen-bond acceptors (Lipinski definition) is 3. The normalized spacial score (nSPS) is 10.8. The van der Waals surface area contributed by atoms with Crippen LogP contribution in [0.3, 0.4) is 0 Å². The molecule has 0 radical (unpaired) electrons. The van der Waals surface area contributed by atoms with Crippen molar-refractivity contribution in [2.24, 2.45) is 0 Å². The van der Waals surface area contributed by atoms with Crippen LogP contribution < -0.4 is 5.32 Å². The lowest BCUT2D eigenvalue weighted by Crippen LogP contribution is -2.30. The summed E-state index contributed by atoms with van der Waals surface area (Å²) >= 11 is 0. The van der Waals surface area contributed by atoms with E-state index in [4.69, 9.17) is 0 Å². The fourth-order valence-corrected chi connectivity index (χ4v) is 1.18. The van der Waals surface area contributed by atoms with E-state index in [0.29, 0.717) is 13.0 Å². The van der Waals surface area contributed by atoms with Crippen molar-refractivity contribution in [1.82, 2.24) is 5.32 Å². The first-order chi connectivity index (χ1) is 5.45. The lowest BCUT2D eigenvalue weighted by molar-refractivity contribution is -0.118. The Bertz CT molecular complexity index is 256. The van der Waals surface area contributed by atoms with E-state index in [2.05, 4.69) is 11.9 Å². The summed E-state index contributed by atoms with van der Waals surface area (Å²) in [5.41, 5.74) is 0. The Labute approximate surface area is 72.6 Å². The average Bonchev–Trinajstić information content (AvgIpc) is 1.84. The zero-order valence-electron chi connectivity index (χ0n) is 7.04. The second kappa shape index (κ2) is 4.92. The second-order valence-corrected chi connectivity index (χ2v) is 4.64. The number of sulfone groups is 1. The Morgan fingerprint density at radius 3 is 2.58 bits per heavy atom. The number of carbonyl (C=O) groups is 1. The highest BCUT2D eigenvalue weighted by Gasteiger charge is 2.08. The molecule has 0 aromatic rings. The number of amides is 1. The lowest BCUT2D eigenvalue weighted by Gasteiger charge is -2.00. The number of carbonyl (C=O) groups excluding carboxylic acids is 1. The Balaban J connectivity index is 3.68. The molecule has 0 atom stereocenters. The van der Waals surface area contributed by atoms with Crippen molar-refractivity contribution in [2.75, 3.05) is 18.6 Å². The molecule has 0 heterocycles. The third-order valence-corrected chi connectivity index (χ3v) is 1.85. The molecule has 0 spiro atoms. The van der Waals surface area contributed by atoms with E-state index >= 15 is 0 Å². The van der Waals surface area contributed by atoms with Crippen LogP contribution in [0.25, 0.3) is 0 Å². The van der Waals surface area contributed by atoms with Gasteiger partial charge in [0.1, 0.15) is 5.75 Å². The predicted octanol–water partition coefficient (Wildman–Crippen LogP) is -0.277. The highest BCUT2D eigenvalue weighted by Crippen LogP contribution is 1.82. The first-order valence-corrected chi connectivity index (χ1v) is 5.57. The van der Waals surface area contributed by atoms with Crippen molar-refractivity contribution in [3.8, 4) is 0 Å². The van der Waals surface area contributed by atoms with E-state index < -0.39 is 21.5 Å². The predicted molar refractivity (Wildman–Crippen MR) is 47.5 cm³/mol. The van der Waals surface area contributed by atoms with Gasteiger partial charge in [0.15, 0.2) is 9.84 Å². The van der Waals surface area contributed by atoms with E-state index in [1.54, 1.807) is 6.08 Å². The van der Waals surface area contributed by atoms with Crippen LogP contribution in [-0.4, -0.2) is 32.9 Å². The van der Waals surface area contributed by atoms with Crippen molar-refractivity contribution in [2.45, 2.75) is 6.42 Å². The molecule has 0 rings (SSSR count). The van der Waals surface area contributed by atoms with Gasteiger partial charge in [0.05, 0.1) is 0 Å². The highest BCUT2D eigenvalue weighted by molar-refractivity contribution is 7.91. The summed E-state index contributed by atoms with van der Waals surface area (Å²) < 4.78 is 21.2. The molecule has 0 aromatic carbocycles. The van der Waals surface area contributed by atoms with Crippen LogP contribution in [0, 0.1) is 0 Å². The molecule has 1 amide bonds. The molecule has 12 heavy (non-hydrogen) atoms. The van der Waals surface area contributed by atoms with E-state index in [0.717, 1.165) is 6.26 Å². The summed E-state index contributed by atoms with van der Waals surface area (Å²) in [7, 11) is -3.20. The van der Waals surface area contributed by atoms with E-state index in [9.17, 15) is 13.2 Å². The van der Waals surface area contributed by atoms with Gasteiger partial charge in [-0.3, -0.25) is 4.79 Å². The maximum atomic E-state index is 10.8. The van der Waals surface area contributed by atoms with Crippen molar-refractivity contribution >= 4 is 15.7 Å². The van der Waals surface area contributed by atoms with Gasteiger partial charge in [-0.15, -0.1) is 6.58 Å². The third-order valence-electron chi connectivity index (χ3n) is 1.06. The van der Waals surface area contributed by atoms with Crippen LogP contribution in [0.5, 0.6) is 0 Å². The summed E-state index contributed by atoms with van der Waals surface area (Å²) in [5.74, 6) is -0.899. The molecule has 0 fully saturated rings. The largest absolute Gasteiger partial charge is 0.355 e. The van der Waals surface area contributed by atoms with Crippen LogP contribution >= 0.6 is 0 Å². The quantitative estimate of drug-likeness (QED) is 0.480. The lowest BCUT2D eigenvalue weighted by atomic mass is 10.4. The van der Waals surface area contributed by atoms with Gasteiger partial charge in [-0.2, -0.15) is 0 Å². The summed E-state index contributed by atoms with van der Waals surface area (Å²) in [6.07, 6.45) is 3.33. The van der Waals surface area contributed by atoms with Gasteiger partial charge in [-0.05, 0) is 6.42 Å². The molecule has 1 N–H and O–H groups in total. The maximum absolute atomic E-state index is 10.8. The van der Waals surface area contributed by atoms with Gasteiger partial charge >= 0.3 is 0 Å². The molecule has 0 saturated heterocycles. The van der Waals surface area contributed by atoms with Crippen molar-refractivity contribution < 1.29 is 13.2 Å². The number of rotatable bonds is 5. The highest BCUT2D eigenvalue weighted by atomic mass is 32.2. The third kappa shape index (κ3) is 7.27. The minimum atomic E-state index is -3.20. The molecular weight excluding hydrogens is 178 g/mol. The molecule has 70 valence electrons. The van der Waals surface area contributed by atoms with Crippen molar-refractivity contribution in [3.63, 3.8) is 0 Å². The Morgan fingerprint density at radius 2 is 2.17 bits per heavy atom. The zero-order valence-corrected chi connectivity index (χ0v) is 7.86. The van der Waals surface area contributed by atoms with Crippen LogP contribution in [0.2, 0.25) is 0 Å². The van der Waals surface area contributed by atoms with Gasteiger partial charge < -0.3 is 5.32 Å². The molecule has 0 aliphatic rings. The summed E-state index contributed by atoms with van der Waals surface area (Å²) in [4.78, 5) is 10.8. The monoisotopic (exact) mass is 191 g/mol. The topological polar surface area (TPSA) is 63.2 Å². The standard InChI is InChI=1S/C7H13NO3S/c1-3-4-5-8-7(9)6-12(2,10)11/h3H,1,4-6H2,2H3,(H,8,9). The molecule has 0 unspecified atom stereocenters. The maximum Gasteiger partial charge on any atom is 0.235 e. The van der Waals surface area contributed by atoms with Crippen molar-refractivity contribution in [3.05, 3.63) is 12.7 Å². The minimum Gasteiger partial charge on any atom is -0.355 e. The molecule has 0 bridgehead atoms. The Morgan fingerprint density at radius 1 is 1.58 bits per heavy atom. The first-order valence-electron chi connectivity index (χ1n) is 3.51. The molecule has 4 nitrogen and oxygen atoms in total. The molecule has 0 aliphatic carbocycles.